The highest BCUT2D eigenvalue weighted by Gasteiger charge is 2.39. The van der Waals surface area contributed by atoms with Gasteiger partial charge < -0.3 is 14.3 Å². The molecule has 1 heterocycles. The van der Waals surface area contributed by atoms with Gasteiger partial charge in [0.25, 0.3) is 0 Å². The van der Waals surface area contributed by atoms with Crippen LogP contribution in [-0.4, -0.2) is 35.7 Å². The molecule has 0 aliphatic carbocycles. The van der Waals surface area contributed by atoms with Crippen LogP contribution in [0.15, 0.2) is 35.4 Å². The second-order valence-corrected chi connectivity index (χ2v) is 6.91. The summed E-state index contributed by atoms with van der Waals surface area (Å²) in [4.78, 5) is 23.5. The highest BCUT2D eigenvalue weighted by atomic mass is 16.6. The van der Waals surface area contributed by atoms with Gasteiger partial charge in [-0.15, -0.1) is 0 Å². The van der Waals surface area contributed by atoms with E-state index in [1.54, 1.807) is 20.8 Å². The van der Waals surface area contributed by atoms with Gasteiger partial charge in [-0.3, -0.25) is 5.43 Å². The first-order valence-corrected chi connectivity index (χ1v) is 7.99. The van der Waals surface area contributed by atoms with Crippen molar-refractivity contribution in [1.29, 1.82) is 0 Å². The molecule has 1 atom stereocenters. The van der Waals surface area contributed by atoms with E-state index in [0.717, 1.165) is 11.8 Å². The molecule has 1 N–H and O–H groups in total. The number of aldehydes is 1. The Kier molecular flexibility index (Phi) is 5.72. The lowest BCUT2D eigenvalue weighted by Crippen LogP contribution is -2.42. The summed E-state index contributed by atoms with van der Waals surface area (Å²) in [5.41, 5.74) is 2.59. The largest absolute Gasteiger partial charge is 0.455 e. The maximum Gasteiger partial charge on any atom is 0.355 e. The highest BCUT2D eigenvalue weighted by molar-refractivity contribution is 6.37. The SMILES string of the molecule is CC(C)(C)OC(=O)C1=NN[C@@](C=O)(CCOCc2ccccc2)C1. The average molecular weight is 332 g/mol. The van der Waals surface area contributed by atoms with Crippen LogP contribution in [0.4, 0.5) is 0 Å². The van der Waals surface area contributed by atoms with E-state index in [-0.39, 0.29) is 12.1 Å². The molecule has 0 unspecified atom stereocenters. The minimum Gasteiger partial charge on any atom is -0.455 e. The fourth-order valence-electron chi connectivity index (χ4n) is 2.30. The van der Waals surface area contributed by atoms with Crippen molar-refractivity contribution in [2.45, 2.75) is 51.4 Å². The van der Waals surface area contributed by atoms with Crippen molar-refractivity contribution in [1.82, 2.24) is 5.43 Å². The molecule has 0 aromatic heterocycles. The molecule has 0 saturated carbocycles. The molecule has 0 fully saturated rings. The Morgan fingerprint density at radius 2 is 2.04 bits per heavy atom. The normalized spacial score (nSPS) is 20.2. The molecule has 130 valence electrons. The van der Waals surface area contributed by atoms with Crippen LogP contribution in [0.3, 0.4) is 0 Å². The molecule has 1 aliphatic heterocycles. The smallest absolute Gasteiger partial charge is 0.355 e. The molecule has 1 aliphatic rings. The molecule has 0 radical (unpaired) electrons. The summed E-state index contributed by atoms with van der Waals surface area (Å²) in [6.45, 7) is 6.24. The van der Waals surface area contributed by atoms with Crippen LogP contribution in [0, 0.1) is 0 Å². The summed E-state index contributed by atoms with van der Waals surface area (Å²) in [6, 6.07) is 9.80. The van der Waals surface area contributed by atoms with Gasteiger partial charge in [0.2, 0.25) is 0 Å². The van der Waals surface area contributed by atoms with E-state index < -0.39 is 17.1 Å². The molecule has 24 heavy (non-hydrogen) atoms. The predicted molar refractivity (Wildman–Crippen MR) is 90.5 cm³/mol. The van der Waals surface area contributed by atoms with Crippen LogP contribution in [0.5, 0.6) is 0 Å². The van der Waals surface area contributed by atoms with Crippen molar-refractivity contribution < 1.29 is 19.1 Å². The molecule has 1 aromatic rings. The average Bonchev–Trinajstić information content (AvgIpc) is 2.96. The Morgan fingerprint density at radius 1 is 1.33 bits per heavy atom. The number of hydrogen-bond acceptors (Lipinski definition) is 6. The molecular formula is C18H24N2O4. The molecule has 0 saturated heterocycles. The molecule has 0 amide bonds. The van der Waals surface area contributed by atoms with Gasteiger partial charge in [0, 0.05) is 19.4 Å². The zero-order chi connectivity index (χ0) is 17.6. The molecule has 6 heteroatoms. The number of carbonyl (C=O) groups is 2. The van der Waals surface area contributed by atoms with Crippen LogP contribution < -0.4 is 5.43 Å². The van der Waals surface area contributed by atoms with Crippen LogP contribution in [-0.2, 0) is 25.7 Å². The van der Waals surface area contributed by atoms with Crippen molar-refractivity contribution in [3.05, 3.63) is 35.9 Å². The monoisotopic (exact) mass is 332 g/mol. The second kappa shape index (κ2) is 7.57. The molecule has 2 rings (SSSR count). The minimum atomic E-state index is -0.900. The van der Waals surface area contributed by atoms with E-state index >= 15 is 0 Å². The fourth-order valence-corrected chi connectivity index (χ4v) is 2.30. The van der Waals surface area contributed by atoms with Gasteiger partial charge in [-0.25, -0.2) is 4.79 Å². The maximum atomic E-state index is 12.0. The predicted octanol–water partition coefficient (Wildman–Crippen LogP) is 2.22. The van der Waals surface area contributed by atoms with Crippen molar-refractivity contribution in [3.8, 4) is 0 Å². The zero-order valence-electron chi connectivity index (χ0n) is 14.4. The highest BCUT2D eigenvalue weighted by Crippen LogP contribution is 2.21. The first-order chi connectivity index (χ1) is 11.3. The van der Waals surface area contributed by atoms with Crippen molar-refractivity contribution >= 4 is 18.0 Å². The topological polar surface area (TPSA) is 77.0 Å². The van der Waals surface area contributed by atoms with Crippen molar-refractivity contribution in [3.63, 3.8) is 0 Å². The Morgan fingerprint density at radius 3 is 2.67 bits per heavy atom. The van der Waals surface area contributed by atoms with E-state index in [1.165, 1.54) is 0 Å². The van der Waals surface area contributed by atoms with Crippen LogP contribution >= 0.6 is 0 Å². The first kappa shape index (κ1) is 18.1. The number of benzene rings is 1. The Balaban J connectivity index is 1.81. The summed E-state index contributed by atoms with van der Waals surface area (Å²) in [5, 5.41) is 3.99. The maximum absolute atomic E-state index is 12.0. The van der Waals surface area contributed by atoms with Gasteiger partial charge in [-0.05, 0) is 26.3 Å². The summed E-state index contributed by atoms with van der Waals surface area (Å²) >= 11 is 0. The first-order valence-electron chi connectivity index (χ1n) is 7.99. The standard InChI is InChI=1S/C18H24N2O4/c1-17(2,3)24-16(22)15-11-18(13-21,20-19-15)9-10-23-12-14-7-5-4-6-8-14/h4-8,13,20H,9-12H2,1-3H3/t18-/m0/s1. The van der Waals surface area contributed by atoms with Crippen LogP contribution in [0.1, 0.15) is 39.2 Å². The van der Waals surface area contributed by atoms with Gasteiger partial charge in [-0.1, -0.05) is 30.3 Å². The molecule has 6 nitrogen and oxygen atoms in total. The van der Waals surface area contributed by atoms with E-state index in [0.29, 0.717) is 19.6 Å². The lowest BCUT2D eigenvalue weighted by atomic mass is 9.93. The Labute approximate surface area is 142 Å². The van der Waals surface area contributed by atoms with E-state index in [2.05, 4.69) is 10.5 Å². The van der Waals surface area contributed by atoms with E-state index in [9.17, 15) is 9.59 Å². The molecule has 0 bridgehead atoms. The summed E-state index contributed by atoms with van der Waals surface area (Å²) in [6.07, 6.45) is 1.43. The number of carbonyl (C=O) groups excluding carboxylic acids is 2. The number of ether oxygens (including phenoxy) is 2. The third-order valence-corrected chi connectivity index (χ3v) is 3.56. The molecule has 1 aromatic carbocycles. The Bertz CT molecular complexity index is 607. The van der Waals surface area contributed by atoms with Gasteiger partial charge >= 0.3 is 5.97 Å². The van der Waals surface area contributed by atoms with Gasteiger partial charge in [0.15, 0.2) is 0 Å². The number of hydrogen-bond donors (Lipinski definition) is 1. The summed E-state index contributed by atoms with van der Waals surface area (Å²) in [5.74, 6) is -0.496. The summed E-state index contributed by atoms with van der Waals surface area (Å²) < 4.78 is 10.9. The number of rotatable bonds is 7. The Hall–Kier alpha value is -2.21. The quantitative estimate of drug-likeness (QED) is 0.471. The van der Waals surface area contributed by atoms with Gasteiger partial charge in [-0.2, -0.15) is 5.10 Å². The lowest BCUT2D eigenvalue weighted by Gasteiger charge is -2.22. The second-order valence-electron chi connectivity index (χ2n) is 6.91. The van der Waals surface area contributed by atoms with Crippen LogP contribution in [0.25, 0.3) is 0 Å². The molecular weight excluding hydrogens is 308 g/mol. The number of esters is 1. The number of nitrogens with zero attached hydrogens (tertiary/aromatic N) is 1. The molecule has 0 spiro atoms. The van der Waals surface area contributed by atoms with Gasteiger partial charge in [0.05, 0.1) is 6.61 Å². The number of nitrogens with one attached hydrogen (secondary N) is 1. The van der Waals surface area contributed by atoms with Crippen molar-refractivity contribution in [2.75, 3.05) is 6.61 Å². The van der Waals surface area contributed by atoms with Crippen molar-refractivity contribution in [2.24, 2.45) is 5.10 Å². The van der Waals surface area contributed by atoms with E-state index in [4.69, 9.17) is 9.47 Å². The minimum absolute atomic E-state index is 0.208. The van der Waals surface area contributed by atoms with Gasteiger partial charge in [0.1, 0.15) is 23.1 Å². The lowest BCUT2D eigenvalue weighted by molar-refractivity contribution is -0.146. The fraction of sp³-hybridized carbons (Fsp3) is 0.500. The van der Waals surface area contributed by atoms with Crippen LogP contribution in [0.2, 0.25) is 0 Å². The third-order valence-electron chi connectivity index (χ3n) is 3.56. The number of hydrazone groups is 1. The summed E-state index contributed by atoms with van der Waals surface area (Å²) in [7, 11) is 0. The third kappa shape index (κ3) is 5.16. The zero-order valence-corrected chi connectivity index (χ0v) is 14.4. The van der Waals surface area contributed by atoms with E-state index in [1.807, 2.05) is 30.3 Å².